The van der Waals surface area contributed by atoms with E-state index in [9.17, 15) is 4.79 Å². The van der Waals surface area contributed by atoms with Crippen LogP contribution in [0.3, 0.4) is 0 Å². The molecule has 0 atom stereocenters. The molecule has 3 rings (SSSR count). The van der Waals surface area contributed by atoms with Gasteiger partial charge in [0.15, 0.2) is 10.9 Å². The minimum absolute atomic E-state index is 0.0512. The van der Waals surface area contributed by atoms with Crippen molar-refractivity contribution in [3.63, 3.8) is 0 Å². The number of fused-ring (bicyclic) bond motifs is 1. The molecule has 0 saturated carbocycles. The van der Waals surface area contributed by atoms with Crippen molar-refractivity contribution in [3.8, 4) is 0 Å². The van der Waals surface area contributed by atoms with Gasteiger partial charge in [0.05, 0.1) is 5.71 Å². The van der Waals surface area contributed by atoms with Crippen molar-refractivity contribution in [1.82, 2.24) is 10.7 Å². The van der Waals surface area contributed by atoms with Crippen LogP contribution in [0.5, 0.6) is 0 Å². The number of anilines is 1. The SMILES string of the molecule is Cc1c(C(=O)NC(C)C)oc2c1/C(=N/NC(=S)Nc1ccccc1)CCC2. The van der Waals surface area contributed by atoms with E-state index in [1.807, 2.05) is 51.1 Å². The highest BCUT2D eigenvalue weighted by atomic mass is 32.1. The molecule has 0 radical (unpaired) electrons. The molecule has 6 nitrogen and oxygen atoms in total. The van der Waals surface area contributed by atoms with Gasteiger partial charge in [-0.3, -0.25) is 10.2 Å². The molecule has 1 aromatic heterocycles. The fraction of sp³-hybridized carbons (Fsp3) is 0.350. The molecular weight excluding hydrogens is 360 g/mol. The van der Waals surface area contributed by atoms with Crippen LogP contribution < -0.4 is 16.1 Å². The van der Waals surface area contributed by atoms with Crippen LogP contribution in [0, 0.1) is 6.92 Å². The van der Waals surface area contributed by atoms with Gasteiger partial charge in [0, 0.05) is 29.3 Å². The number of nitrogens with one attached hydrogen (secondary N) is 3. The van der Waals surface area contributed by atoms with Gasteiger partial charge in [0.1, 0.15) is 5.76 Å². The maximum Gasteiger partial charge on any atom is 0.287 e. The lowest BCUT2D eigenvalue weighted by Gasteiger charge is -2.14. The summed E-state index contributed by atoms with van der Waals surface area (Å²) in [5.74, 6) is 0.994. The number of hydrogen-bond acceptors (Lipinski definition) is 4. The predicted molar refractivity (Wildman–Crippen MR) is 111 cm³/mol. The van der Waals surface area contributed by atoms with Gasteiger partial charge in [-0.2, -0.15) is 5.10 Å². The van der Waals surface area contributed by atoms with E-state index in [1.54, 1.807) is 0 Å². The lowest BCUT2D eigenvalue weighted by molar-refractivity contribution is 0.0912. The number of carbonyl (C=O) groups excluding carboxylic acids is 1. The third kappa shape index (κ3) is 4.54. The van der Waals surface area contributed by atoms with Gasteiger partial charge < -0.3 is 15.1 Å². The molecule has 0 bridgehead atoms. The van der Waals surface area contributed by atoms with Gasteiger partial charge in [-0.1, -0.05) is 18.2 Å². The van der Waals surface area contributed by atoms with Gasteiger partial charge in [-0.15, -0.1) is 0 Å². The van der Waals surface area contributed by atoms with E-state index in [2.05, 4.69) is 21.2 Å². The number of para-hydroxylation sites is 1. The molecule has 2 aromatic rings. The number of benzene rings is 1. The predicted octanol–water partition coefficient (Wildman–Crippen LogP) is 3.75. The molecule has 1 aliphatic carbocycles. The van der Waals surface area contributed by atoms with Gasteiger partial charge in [-0.25, -0.2) is 0 Å². The lowest BCUT2D eigenvalue weighted by atomic mass is 9.93. The largest absolute Gasteiger partial charge is 0.455 e. The second-order valence-electron chi connectivity index (χ2n) is 6.83. The zero-order valence-corrected chi connectivity index (χ0v) is 16.6. The van der Waals surface area contributed by atoms with Crippen LogP contribution in [0.2, 0.25) is 0 Å². The van der Waals surface area contributed by atoms with E-state index in [0.29, 0.717) is 10.9 Å². The summed E-state index contributed by atoms with van der Waals surface area (Å²) in [5.41, 5.74) is 6.41. The number of amides is 1. The van der Waals surface area contributed by atoms with E-state index in [4.69, 9.17) is 16.6 Å². The summed E-state index contributed by atoms with van der Waals surface area (Å²) in [4.78, 5) is 12.4. The summed E-state index contributed by atoms with van der Waals surface area (Å²) in [6.45, 7) is 5.75. The standard InChI is InChI=1S/C20H24N4O2S/c1-12(2)21-19(25)18-13(3)17-15(10-7-11-16(17)26-18)23-24-20(27)22-14-8-5-4-6-9-14/h4-6,8-9,12H,7,10-11H2,1-3H3,(H,21,25)(H2,22,24,27)/b23-15+. The Morgan fingerprint density at radius 1 is 1.22 bits per heavy atom. The quantitative estimate of drug-likeness (QED) is 0.553. The summed E-state index contributed by atoms with van der Waals surface area (Å²) in [7, 11) is 0. The van der Waals surface area contributed by atoms with E-state index in [1.165, 1.54) is 0 Å². The Labute approximate surface area is 164 Å². The fourth-order valence-corrected chi connectivity index (χ4v) is 3.29. The van der Waals surface area contributed by atoms with Crippen LogP contribution in [0.4, 0.5) is 5.69 Å². The molecular formula is C20H24N4O2S. The number of rotatable bonds is 4. The minimum atomic E-state index is -0.189. The second kappa shape index (κ2) is 8.35. The molecule has 0 spiro atoms. The maximum atomic E-state index is 12.4. The minimum Gasteiger partial charge on any atom is -0.455 e. The zero-order valence-electron chi connectivity index (χ0n) is 15.8. The highest BCUT2D eigenvalue weighted by Gasteiger charge is 2.28. The first kappa shape index (κ1) is 19.1. The van der Waals surface area contributed by atoms with Gasteiger partial charge in [0.2, 0.25) is 0 Å². The molecule has 7 heteroatoms. The number of furan rings is 1. The van der Waals surface area contributed by atoms with E-state index < -0.39 is 0 Å². The summed E-state index contributed by atoms with van der Waals surface area (Å²) in [5, 5.41) is 10.9. The van der Waals surface area contributed by atoms with Crippen molar-refractivity contribution in [1.29, 1.82) is 0 Å². The molecule has 0 fully saturated rings. The Hall–Kier alpha value is -2.67. The Bertz CT molecular complexity index is 872. The molecule has 0 saturated heterocycles. The molecule has 27 heavy (non-hydrogen) atoms. The first-order valence-electron chi connectivity index (χ1n) is 9.07. The van der Waals surface area contributed by atoms with Crippen molar-refractivity contribution >= 4 is 34.6 Å². The third-order valence-electron chi connectivity index (χ3n) is 4.28. The third-order valence-corrected chi connectivity index (χ3v) is 4.47. The number of hydrazone groups is 1. The van der Waals surface area contributed by atoms with Crippen LogP contribution >= 0.6 is 12.2 Å². The average molecular weight is 385 g/mol. The van der Waals surface area contributed by atoms with E-state index >= 15 is 0 Å². The molecule has 142 valence electrons. The number of carbonyl (C=O) groups is 1. The first-order valence-corrected chi connectivity index (χ1v) is 9.48. The van der Waals surface area contributed by atoms with Crippen LogP contribution in [0.1, 0.15) is 54.1 Å². The van der Waals surface area contributed by atoms with Crippen LogP contribution in [0.15, 0.2) is 39.9 Å². The van der Waals surface area contributed by atoms with Crippen LogP contribution in [0.25, 0.3) is 0 Å². The lowest BCUT2D eigenvalue weighted by Crippen LogP contribution is -2.30. The molecule has 0 aliphatic heterocycles. The van der Waals surface area contributed by atoms with Gasteiger partial charge >= 0.3 is 0 Å². The summed E-state index contributed by atoms with van der Waals surface area (Å²) < 4.78 is 5.86. The fourth-order valence-electron chi connectivity index (χ4n) is 3.12. The van der Waals surface area contributed by atoms with Crippen LogP contribution in [-0.2, 0) is 6.42 Å². The molecule has 1 heterocycles. The molecule has 3 N–H and O–H groups in total. The number of nitrogens with zero attached hydrogens (tertiary/aromatic N) is 1. The summed E-state index contributed by atoms with van der Waals surface area (Å²) in [6, 6.07) is 9.72. The number of hydrogen-bond donors (Lipinski definition) is 3. The van der Waals surface area contributed by atoms with Gasteiger partial charge in [-0.05, 0) is 58.0 Å². The molecule has 1 aliphatic rings. The van der Waals surface area contributed by atoms with Gasteiger partial charge in [0.25, 0.3) is 5.91 Å². The topological polar surface area (TPSA) is 78.7 Å². The molecule has 1 aromatic carbocycles. The van der Waals surface area contributed by atoms with E-state index in [0.717, 1.165) is 47.5 Å². The normalized spacial score (nSPS) is 14.7. The Morgan fingerprint density at radius 2 is 1.96 bits per heavy atom. The summed E-state index contributed by atoms with van der Waals surface area (Å²) in [6.07, 6.45) is 2.53. The van der Waals surface area contributed by atoms with Crippen molar-refractivity contribution in [2.24, 2.45) is 5.10 Å². The van der Waals surface area contributed by atoms with Crippen molar-refractivity contribution < 1.29 is 9.21 Å². The highest BCUT2D eigenvalue weighted by molar-refractivity contribution is 7.80. The van der Waals surface area contributed by atoms with Crippen molar-refractivity contribution in [2.45, 2.75) is 46.1 Å². The Balaban J connectivity index is 1.77. The highest BCUT2D eigenvalue weighted by Crippen LogP contribution is 2.29. The van der Waals surface area contributed by atoms with Crippen molar-refractivity contribution in [2.75, 3.05) is 5.32 Å². The number of thiocarbonyl (C=S) groups is 1. The maximum absolute atomic E-state index is 12.4. The molecule has 0 unspecified atom stereocenters. The zero-order chi connectivity index (χ0) is 19.4. The average Bonchev–Trinajstić information content (AvgIpc) is 2.98. The monoisotopic (exact) mass is 384 g/mol. The first-order chi connectivity index (χ1) is 13.0. The second-order valence-corrected chi connectivity index (χ2v) is 7.23. The Kier molecular flexibility index (Phi) is 5.91. The number of aryl methyl sites for hydroxylation is 1. The van der Waals surface area contributed by atoms with E-state index in [-0.39, 0.29) is 11.9 Å². The molecule has 1 amide bonds. The smallest absolute Gasteiger partial charge is 0.287 e. The van der Waals surface area contributed by atoms with Crippen LogP contribution in [-0.4, -0.2) is 22.8 Å². The Morgan fingerprint density at radius 3 is 2.67 bits per heavy atom. The summed E-state index contributed by atoms with van der Waals surface area (Å²) >= 11 is 5.31. The van der Waals surface area contributed by atoms with Crippen molar-refractivity contribution in [3.05, 3.63) is 53.0 Å².